The SMILES string of the molecule is O=Cc1cccc(C(=O)N2CCS[C@H]2C(=O)O[C@@H](Cc2c(Cl)cncc2Cl)c2ccc(OC(F)F)c(OCC3CC3)c2)c1. The first kappa shape index (κ1) is 31.0. The van der Waals surface area contributed by atoms with E-state index >= 15 is 0 Å². The Kier molecular flexibility index (Phi) is 10.0. The second-order valence-electron chi connectivity index (χ2n) is 10.0. The fourth-order valence-corrected chi connectivity index (χ4v) is 6.17. The molecule has 1 aliphatic heterocycles. The predicted octanol–water partition coefficient (Wildman–Crippen LogP) is 6.63. The number of benzene rings is 2. The monoisotopic (exact) mass is 650 g/mol. The predicted molar refractivity (Wildman–Crippen MR) is 157 cm³/mol. The van der Waals surface area contributed by atoms with Crippen LogP contribution >= 0.6 is 35.0 Å². The molecule has 0 N–H and O–H groups in total. The highest BCUT2D eigenvalue weighted by atomic mass is 35.5. The molecule has 1 saturated carbocycles. The number of rotatable bonds is 12. The molecule has 3 aromatic rings. The van der Waals surface area contributed by atoms with Gasteiger partial charge in [0.05, 0.1) is 16.7 Å². The minimum Gasteiger partial charge on any atom is -0.489 e. The Morgan fingerprint density at radius 2 is 1.86 bits per heavy atom. The third kappa shape index (κ3) is 7.76. The van der Waals surface area contributed by atoms with Crippen molar-refractivity contribution in [1.82, 2.24) is 9.88 Å². The van der Waals surface area contributed by atoms with Crippen LogP contribution in [0.15, 0.2) is 54.9 Å². The molecule has 2 atom stereocenters. The largest absolute Gasteiger partial charge is 0.489 e. The molecule has 1 aliphatic carbocycles. The molecule has 2 aliphatic rings. The van der Waals surface area contributed by atoms with Crippen molar-refractivity contribution in [1.29, 1.82) is 0 Å². The fourth-order valence-electron chi connectivity index (χ4n) is 4.55. The third-order valence-corrected chi connectivity index (χ3v) is 8.78. The van der Waals surface area contributed by atoms with Crippen LogP contribution in [0.25, 0.3) is 0 Å². The summed E-state index contributed by atoms with van der Waals surface area (Å²) in [5.74, 6) is -0.352. The summed E-state index contributed by atoms with van der Waals surface area (Å²) in [5.41, 5.74) is 1.48. The van der Waals surface area contributed by atoms with E-state index in [9.17, 15) is 23.2 Å². The smallest absolute Gasteiger partial charge is 0.387 e. The van der Waals surface area contributed by atoms with E-state index in [0.29, 0.717) is 47.8 Å². The van der Waals surface area contributed by atoms with Gasteiger partial charge in [-0.05, 0) is 54.2 Å². The van der Waals surface area contributed by atoms with Gasteiger partial charge in [-0.1, -0.05) is 41.4 Å². The van der Waals surface area contributed by atoms with Gasteiger partial charge in [0.1, 0.15) is 12.4 Å². The van der Waals surface area contributed by atoms with E-state index in [1.807, 2.05) is 0 Å². The zero-order valence-corrected chi connectivity index (χ0v) is 24.9. The first-order valence-corrected chi connectivity index (χ1v) is 15.2. The molecule has 1 amide bonds. The topological polar surface area (TPSA) is 95.0 Å². The van der Waals surface area contributed by atoms with Crippen molar-refractivity contribution < 1.29 is 37.4 Å². The number of thioether (sulfide) groups is 1. The Bertz CT molecular complexity index is 1490. The van der Waals surface area contributed by atoms with E-state index in [1.54, 1.807) is 18.2 Å². The lowest BCUT2D eigenvalue weighted by atomic mass is 10.0. The van der Waals surface area contributed by atoms with E-state index in [2.05, 4.69) is 9.72 Å². The van der Waals surface area contributed by atoms with Gasteiger partial charge < -0.3 is 19.1 Å². The van der Waals surface area contributed by atoms with Crippen LogP contribution in [0.3, 0.4) is 0 Å². The number of carbonyl (C=O) groups is 3. The van der Waals surface area contributed by atoms with Crippen molar-refractivity contribution in [3.63, 3.8) is 0 Å². The number of pyridine rings is 1. The molecule has 2 aromatic carbocycles. The summed E-state index contributed by atoms with van der Waals surface area (Å²) in [7, 11) is 0. The number of hydrogen-bond acceptors (Lipinski definition) is 8. The van der Waals surface area contributed by atoms with Crippen molar-refractivity contribution >= 4 is 53.1 Å². The first-order chi connectivity index (χ1) is 20.7. The van der Waals surface area contributed by atoms with E-state index in [0.717, 1.165) is 12.8 Å². The number of ether oxygens (including phenoxy) is 3. The zero-order chi connectivity index (χ0) is 30.5. The van der Waals surface area contributed by atoms with Gasteiger partial charge in [0, 0.05) is 42.2 Å². The molecular weight excluding hydrogens is 625 g/mol. The zero-order valence-electron chi connectivity index (χ0n) is 22.6. The van der Waals surface area contributed by atoms with Gasteiger partial charge in [0.25, 0.3) is 5.91 Å². The maximum atomic E-state index is 13.7. The Balaban J connectivity index is 1.44. The lowest BCUT2D eigenvalue weighted by Crippen LogP contribution is -2.40. The van der Waals surface area contributed by atoms with E-state index in [4.69, 9.17) is 32.7 Å². The summed E-state index contributed by atoms with van der Waals surface area (Å²) < 4.78 is 42.8. The van der Waals surface area contributed by atoms with Crippen molar-refractivity contribution in [2.75, 3.05) is 18.9 Å². The lowest BCUT2D eigenvalue weighted by molar-refractivity contribution is -0.151. The molecule has 0 spiro atoms. The van der Waals surface area contributed by atoms with E-state index < -0.39 is 30.0 Å². The number of alkyl halides is 2. The minimum absolute atomic E-state index is 0.0236. The maximum Gasteiger partial charge on any atom is 0.387 e. The summed E-state index contributed by atoms with van der Waals surface area (Å²) in [6.45, 7) is -2.44. The van der Waals surface area contributed by atoms with E-state index in [1.165, 1.54) is 53.3 Å². The third-order valence-electron chi connectivity index (χ3n) is 6.95. The van der Waals surface area contributed by atoms with Gasteiger partial charge in [-0.15, -0.1) is 11.8 Å². The molecule has 0 bridgehead atoms. The van der Waals surface area contributed by atoms with Crippen LogP contribution in [0.1, 0.15) is 50.8 Å². The lowest BCUT2D eigenvalue weighted by Gasteiger charge is -2.26. The molecule has 0 unspecified atom stereocenters. The van der Waals surface area contributed by atoms with Gasteiger partial charge in [-0.2, -0.15) is 8.78 Å². The molecule has 1 aromatic heterocycles. The number of esters is 1. The second kappa shape index (κ2) is 13.9. The highest BCUT2D eigenvalue weighted by molar-refractivity contribution is 8.00. The molecule has 5 rings (SSSR count). The molecule has 8 nitrogen and oxygen atoms in total. The summed E-state index contributed by atoms with van der Waals surface area (Å²) in [6.07, 6.45) is 4.45. The molecule has 0 radical (unpaired) electrons. The number of aromatic nitrogens is 1. The molecule has 2 fully saturated rings. The number of aldehydes is 1. The van der Waals surface area contributed by atoms with Crippen molar-refractivity contribution in [2.24, 2.45) is 5.92 Å². The van der Waals surface area contributed by atoms with Crippen LogP contribution in [0.2, 0.25) is 10.0 Å². The molecule has 226 valence electrons. The molecule has 2 heterocycles. The maximum absolute atomic E-state index is 13.7. The Labute approximate surface area is 260 Å². The van der Waals surface area contributed by atoms with Crippen molar-refractivity contribution in [2.45, 2.75) is 37.4 Å². The average Bonchev–Trinajstić information content (AvgIpc) is 3.70. The standard InChI is InChI=1S/C30H26Cl2F2N2O6S/c31-22-13-35-14-23(32)21(22)12-25(19-6-7-24(42-30(33)34)26(11-19)40-16-17-4-5-17)41-29(39)28-36(8-9-43-28)27(38)20-3-1-2-18(10-20)15-37/h1-3,6-7,10-11,13-15,17,25,28,30H,4-5,8-9,12,16H2/t25-,28-/m0/s1. The summed E-state index contributed by atoms with van der Waals surface area (Å²) in [5, 5.41) is -0.470. The van der Waals surface area contributed by atoms with Gasteiger partial charge in [-0.3, -0.25) is 14.6 Å². The Morgan fingerprint density at radius 1 is 1.09 bits per heavy atom. The van der Waals surface area contributed by atoms with Crippen LogP contribution in [-0.4, -0.2) is 58.9 Å². The summed E-state index contributed by atoms with van der Waals surface area (Å²) >= 11 is 14.0. The average molecular weight is 652 g/mol. The van der Waals surface area contributed by atoms with Crippen LogP contribution in [0, 0.1) is 5.92 Å². The molecule has 1 saturated heterocycles. The van der Waals surface area contributed by atoms with Crippen LogP contribution in [0.4, 0.5) is 8.78 Å². The van der Waals surface area contributed by atoms with Gasteiger partial charge in [-0.25, -0.2) is 4.79 Å². The number of nitrogens with zero attached hydrogens (tertiary/aromatic N) is 2. The van der Waals surface area contributed by atoms with Gasteiger partial charge in [0.15, 0.2) is 16.9 Å². The molecule has 43 heavy (non-hydrogen) atoms. The highest BCUT2D eigenvalue weighted by Crippen LogP contribution is 2.39. The summed E-state index contributed by atoms with van der Waals surface area (Å²) in [4.78, 5) is 43.6. The molecular formula is C30H26Cl2F2N2O6S. The van der Waals surface area contributed by atoms with Crippen LogP contribution in [0.5, 0.6) is 11.5 Å². The highest BCUT2D eigenvalue weighted by Gasteiger charge is 2.38. The van der Waals surface area contributed by atoms with Gasteiger partial charge >= 0.3 is 12.6 Å². The number of amides is 1. The quantitative estimate of drug-likeness (QED) is 0.159. The summed E-state index contributed by atoms with van der Waals surface area (Å²) in [6, 6.07) is 10.5. The Morgan fingerprint density at radius 3 is 2.56 bits per heavy atom. The van der Waals surface area contributed by atoms with Crippen molar-refractivity contribution in [3.8, 4) is 11.5 Å². The Hall–Kier alpha value is -3.41. The number of hydrogen-bond donors (Lipinski definition) is 0. The molecule has 13 heteroatoms. The fraction of sp³-hybridized carbons (Fsp3) is 0.333. The number of halogens is 4. The normalized spacial score (nSPS) is 17.0. The van der Waals surface area contributed by atoms with Crippen LogP contribution in [-0.2, 0) is 16.0 Å². The van der Waals surface area contributed by atoms with E-state index in [-0.39, 0.29) is 33.5 Å². The first-order valence-electron chi connectivity index (χ1n) is 13.4. The van der Waals surface area contributed by atoms with Gasteiger partial charge in [0.2, 0.25) is 0 Å². The minimum atomic E-state index is -3.06. The number of carbonyl (C=O) groups excluding carboxylic acids is 3. The van der Waals surface area contributed by atoms with Crippen LogP contribution < -0.4 is 9.47 Å². The second-order valence-corrected chi connectivity index (χ2v) is 12.0. The van der Waals surface area contributed by atoms with Crippen molar-refractivity contribution in [3.05, 3.63) is 87.2 Å².